The molecule has 3 rings (SSSR count). The zero-order chi connectivity index (χ0) is 16.9. The summed E-state index contributed by atoms with van der Waals surface area (Å²) >= 11 is 11.8. The highest BCUT2D eigenvalue weighted by molar-refractivity contribution is 6.31. The van der Waals surface area contributed by atoms with Crippen LogP contribution in [0.25, 0.3) is 10.9 Å². The topological polar surface area (TPSA) is 54.1 Å². The number of halogens is 2. The molecule has 1 heterocycles. The van der Waals surface area contributed by atoms with Gasteiger partial charge in [-0.1, -0.05) is 35.3 Å². The summed E-state index contributed by atoms with van der Waals surface area (Å²) < 4.78 is 5.17. The summed E-state index contributed by atoms with van der Waals surface area (Å²) in [5.74, 6) is 0. The van der Waals surface area contributed by atoms with Crippen LogP contribution in [0.5, 0.6) is 0 Å². The third-order valence-corrected chi connectivity index (χ3v) is 4.16. The Morgan fingerprint density at radius 1 is 1.08 bits per heavy atom. The summed E-state index contributed by atoms with van der Waals surface area (Å²) in [4.78, 5) is 14.9. The monoisotopic (exact) mass is 362 g/mol. The van der Waals surface area contributed by atoms with E-state index in [1.54, 1.807) is 12.1 Å². The zero-order valence-corrected chi connectivity index (χ0v) is 14.3. The highest BCUT2D eigenvalue weighted by Crippen LogP contribution is 2.22. The van der Waals surface area contributed by atoms with Gasteiger partial charge in [0.25, 0.3) is 0 Å². The summed E-state index contributed by atoms with van der Waals surface area (Å²) in [5.41, 5.74) is 3.02. The Labute approximate surface area is 149 Å². The van der Waals surface area contributed by atoms with Crippen LogP contribution in [-0.4, -0.2) is 17.6 Å². The van der Waals surface area contributed by atoms with Crippen LogP contribution in [0.15, 0.2) is 48.7 Å². The van der Waals surface area contributed by atoms with Crippen molar-refractivity contribution in [1.29, 1.82) is 0 Å². The fraction of sp³-hybridized carbons (Fsp3) is 0.167. The van der Waals surface area contributed by atoms with Crippen molar-refractivity contribution in [3.63, 3.8) is 0 Å². The number of H-pyrrole nitrogens is 1. The van der Waals surface area contributed by atoms with Gasteiger partial charge in [0.15, 0.2) is 0 Å². The molecule has 0 aliphatic heterocycles. The van der Waals surface area contributed by atoms with Gasteiger partial charge < -0.3 is 15.0 Å². The molecule has 4 nitrogen and oxygen atoms in total. The Bertz CT molecular complexity index is 844. The van der Waals surface area contributed by atoms with Gasteiger partial charge >= 0.3 is 6.09 Å². The predicted octanol–water partition coefficient (Wildman–Crippen LogP) is 4.94. The minimum Gasteiger partial charge on any atom is -0.445 e. The molecule has 0 bridgehead atoms. The van der Waals surface area contributed by atoms with Gasteiger partial charge in [-0.05, 0) is 47.9 Å². The van der Waals surface area contributed by atoms with E-state index in [1.165, 1.54) is 0 Å². The van der Waals surface area contributed by atoms with E-state index < -0.39 is 6.09 Å². The summed E-state index contributed by atoms with van der Waals surface area (Å²) in [5, 5.41) is 5.16. The van der Waals surface area contributed by atoms with Crippen LogP contribution in [-0.2, 0) is 17.8 Å². The lowest BCUT2D eigenvalue weighted by molar-refractivity contribution is 0.140. The molecular weight excluding hydrogens is 347 g/mol. The summed E-state index contributed by atoms with van der Waals surface area (Å²) in [6.45, 7) is 0.699. The number of hydrogen-bond donors (Lipinski definition) is 2. The number of ether oxygens (including phenoxy) is 1. The Balaban J connectivity index is 1.47. The van der Waals surface area contributed by atoms with Gasteiger partial charge in [-0.2, -0.15) is 0 Å². The average Bonchev–Trinajstić information content (AvgIpc) is 2.97. The first-order valence-corrected chi connectivity index (χ1v) is 8.28. The van der Waals surface area contributed by atoms with Crippen molar-refractivity contribution in [2.45, 2.75) is 13.0 Å². The smallest absolute Gasteiger partial charge is 0.407 e. The molecule has 0 atom stereocenters. The maximum absolute atomic E-state index is 11.7. The molecule has 2 N–H and O–H groups in total. The minimum atomic E-state index is -0.442. The van der Waals surface area contributed by atoms with Crippen LogP contribution in [0.2, 0.25) is 10.0 Å². The molecule has 1 amide bonds. The number of amides is 1. The first kappa shape index (κ1) is 16.7. The van der Waals surface area contributed by atoms with Crippen molar-refractivity contribution in [2.24, 2.45) is 0 Å². The number of carbonyl (C=O) groups excluding carboxylic acids is 1. The van der Waals surface area contributed by atoms with Crippen molar-refractivity contribution < 1.29 is 9.53 Å². The zero-order valence-electron chi connectivity index (χ0n) is 12.8. The number of hydrogen-bond acceptors (Lipinski definition) is 2. The van der Waals surface area contributed by atoms with Crippen LogP contribution >= 0.6 is 23.2 Å². The first-order chi connectivity index (χ1) is 11.6. The molecule has 24 heavy (non-hydrogen) atoms. The molecule has 0 radical (unpaired) electrons. The van der Waals surface area contributed by atoms with Crippen LogP contribution in [0.4, 0.5) is 4.79 Å². The Morgan fingerprint density at radius 2 is 1.83 bits per heavy atom. The third-order valence-electron chi connectivity index (χ3n) is 3.68. The molecule has 1 aromatic heterocycles. The van der Waals surface area contributed by atoms with Gasteiger partial charge in [0.05, 0.1) is 0 Å². The number of alkyl carbamates (subject to hydrolysis) is 1. The first-order valence-electron chi connectivity index (χ1n) is 7.52. The van der Waals surface area contributed by atoms with Crippen molar-refractivity contribution in [3.8, 4) is 0 Å². The van der Waals surface area contributed by atoms with Crippen LogP contribution in [0.3, 0.4) is 0 Å². The summed E-state index contributed by atoms with van der Waals surface area (Å²) in [7, 11) is 0. The lowest BCUT2D eigenvalue weighted by Gasteiger charge is -2.07. The van der Waals surface area contributed by atoms with Gasteiger partial charge in [0, 0.05) is 33.7 Å². The van der Waals surface area contributed by atoms with E-state index in [9.17, 15) is 4.79 Å². The number of benzene rings is 2. The summed E-state index contributed by atoms with van der Waals surface area (Å²) in [6.07, 6.45) is 2.18. The molecule has 0 unspecified atom stereocenters. The Hall–Kier alpha value is -2.17. The van der Waals surface area contributed by atoms with E-state index in [2.05, 4.69) is 10.3 Å². The number of nitrogens with one attached hydrogen (secondary N) is 2. The number of carbonyl (C=O) groups is 1. The predicted molar refractivity (Wildman–Crippen MR) is 96.7 cm³/mol. The lowest BCUT2D eigenvalue weighted by atomic mass is 10.1. The second kappa shape index (κ2) is 7.60. The number of fused-ring (bicyclic) bond motifs is 1. The van der Waals surface area contributed by atoms with Crippen molar-refractivity contribution >= 4 is 40.2 Å². The fourth-order valence-corrected chi connectivity index (χ4v) is 2.74. The molecule has 0 fully saturated rings. The second-order valence-electron chi connectivity index (χ2n) is 5.38. The highest BCUT2D eigenvalue weighted by atomic mass is 35.5. The number of rotatable bonds is 5. The molecule has 124 valence electrons. The molecule has 0 spiro atoms. The molecule has 0 aliphatic carbocycles. The van der Waals surface area contributed by atoms with E-state index in [0.29, 0.717) is 23.0 Å². The number of aromatic nitrogens is 1. The molecule has 6 heteroatoms. The Morgan fingerprint density at radius 3 is 2.62 bits per heavy atom. The molecular formula is C18H16Cl2N2O2. The van der Waals surface area contributed by atoms with Crippen molar-refractivity contribution in [3.05, 3.63) is 69.8 Å². The second-order valence-corrected chi connectivity index (χ2v) is 6.26. The van der Waals surface area contributed by atoms with Gasteiger partial charge in [0.2, 0.25) is 0 Å². The lowest BCUT2D eigenvalue weighted by Crippen LogP contribution is -2.26. The van der Waals surface area contributed by atoms with Crippen LogP contribution in [0.1, 0.15) is 11.1 Å². The molecule has 0 saturated heterocycles. The molecule has 0 aliphatic rings. The van der Waals surface area contributed by atoms with Gasteiger partial charge in [0.1, 0.15) is 6.61 Å². The van der Waals surface area contributed by atoms with Gasteiger partial charge in [-0.3, -0.25) is 0 Å². The van der Waals surface area contributed by atoms with E-state index in [0.717, 1.165) is 22.0 Å². The maximum Gasteiger partial charge on any atom is 0.407 e. The van der Waals surface area contributed by atoms with Gasteiger partial charge in [-0.25, -0.2) is 4.79 Å². The van der Waals surface area contributed by atoms with Crippen molar-refractivity contribution in [2.75, 3.05) is 6.54 Å². The molecule has 0 saturated carbocycles. The molecule has 3 aromatic rings. The van der Waals surface area contributed by atoms with Gasteiger partial charge in [-0.15, -0.1) is 0 Å². The summed E-state index contributed by atoms with van der Waals surface area (Å²) in [6, 6.07) is 12.9. The van der Waals surface area contributed by atoms with E-state index in [4.69, 9.17) is 27.9 Å². The highest BCUT2D eigenvalue weighted by Gasteiger charge is 2.06. The van der Waals surface area contributed by atoms with Crippen LogP contribution in [0, 0.1) is 0 Å². The maximum atomic E-state index is 11.7. The van der Waals surface area contributed by atoms with Crippen LogP contribution < -0.4 is 5.32 Å². The van der Waals surface area contributed by atoms with E-state index in [1.807, 2.05) is 36.5 Å². The fourth-order valence-electron chi connectivity index (χ4n) is 2.44. The van der Waals surface area contributed by atoms with Crippen molar-refractivity contribution in [1.82, 2.24) is 10.3 Å². The Kier molecular flexibility index (Phi) is 5.28. The average molecular weight is 363 g/mol. The quantitative estimate of drug-likeness (QED) is 0.674. The number of aromatic amines is 1. The standard InChI is InChI=1S/C18H16Cl2N2O2/c19-14-3-1-12(2-4-14)11-24-18(23)21-8-7-13-10-22-17-6-5-15(20)9-16(13)17/h1-6,9-10,22H,7-8,11H2,(H,21,23). The van der Waals surface area contributed by atoms with E-state index >= 15 is 0 Å². The largest absolute Gasteiger partial charge is 0.445 e. The van der Waals surface area contributed by atoms with E-state index in [-0.39, 0.29) is 6.61 Å². The minimum absolute atomic E-state index is 0.214. The normalized spacial score (nSPS) is 10.8. The molecule has 2 aromatic carbocycles. The third kappa shape index (κ3) is 4.22. The SMILES string of the molecule is O=C(NCCc1c[nH]c2ccc(Cl)cc12)OCc1ccc(Cl)cc1.